The normalized spacial score (nSPS) is 10.8. The molecule has 12 nitrogen and oxygen atoms in total. The van der Waals surface area contributed by atoms with Crippen LogP contribution in [0.15, 0.2) is 54.6 Å². The Morgan fingerprint density at radius 1 is 0.438 bits per heavy atom. The molecule has 48 heavy (non-hydrogen) atoms. The van der Waals surface area contributed by atoms with Crippen molar-refractivity contribution in [3.63, 3.8) is 0 Å². The number of phenolic OH excluding ortho intramolecular Hbond substituents is 6. The Morgan fingerprint density at radius 3 is 0.896 bits per heavy atom. The summed E-state index contributed by atoms with van der Waals surface area (Å²) in [4.78, 5) is 39.4. The van der Waals surface area contributed by atoms with Crippen molar-refractivity contribution in [1.82, 2.24) is 16.0 Å². The molecule has 0 radical (unpaired) electrons. The molecule has 252 valence electrons. The van der Waals surface area contributed by atoms with E-state index in [9.17, 15) is 45.0 Å². The summed E-state index contributed by atoms with van der Waals surface area (Å²) in [6.45, 7) is 5.94. The number of amides is 3. The van der Waals surface area contributed by atoms with Crippen LogP contribution in [0, 0.1) is 0 Å². The number of nitrogens with one attached hydrogen (secondary N) is 3. The van der Waals surface area contributed by atoms with E-state index in [2.05, 4.69) is 16.0 Å². The molecule has 0 spiro atoms. The smallest absolute Gasteiger partial charge is 0.255 e. The topological polar surface area (TPSA) is 209 Å². The molecule has 0 aliphatic carbocycles. The van der Waals surface area contributed by atoms with Crippen LogP contribution >= 0.6 is 0 Å². The third kappa shape index (κ3) is 7.55. The Morgan fingerprint density at radius 2 is 0.688 bits per heavy atom. The second-order valence-electron chi connectivity index (χ2n) is 11.1. The fourth-order valence-corrected chi connectivity index (χ4v) is 5.94. The first-order valence-corrected chi connectivity index (χ1v) is 15.5. The van der Waals surface area contributed by atoms with E-state index < -0.39 is 17.7 Å². The van der Waals surface area contributed by atoms with Crippen LogP contribution < -0.4 is 16.0 Å². The minimum Gasteiger partial charge on any atom is -0.508 e. The summed E-state index contributed by atoms with van der Waals surface area (Å²) in [5, 5.41) is 68.3. The van der Waals surface area contributed by atoms with E-state index in [1.165, 1.54) is 36.4 Å². The molecule has 0 bridgehead atoms. The van der Waals surface area contributed by atoms with Crippen LogP contribution in [0.2, 0.25) is 0 Å². The lowest BCUT2D eigenvalue weighted by molar-refractivity contribution is 0.0940. The summed E-state index contributed by atoms with van der Waals surface area (Å²) in [6, 6.07) is 11.0. The fourth-order valence-electron chi connectivity index (χ4n) is 5.94. The third-order valence-electron chi connectivity index (χ3n) is 8.20. The number of aromatic hydroxyl groups is 6. The maximum atomic E-state index is 13.1. The number of benzene rings is 4. The number of carbonyl (C=O) groups excluding carboxylic acids is 3. The summed E-state index contributed by atoms with van der Waals surface area (Å²) in [6.07, 6.45) is 1.54. The molecular weight excluding hydrogens is 618 g/mol. The fraction of sp³-hybridized carbons (Fsp3) is 0.250. The van der Waals surface area contributed by atoms with Gasteiger partial charge in [-0.2, -0.15) is 0 Å². The molecule has 0 atom stereocenters. The molecule has 9 N–H and O–H groups in total. The molecule has 3 amide bonds. The van der Waals surface area contributed by atoms with E-state index in [0.717, 1.165) is 51.6 Å². The summed E-state index contributed by atoms with van der Waals surface area (Å²) in [5.41, 5.74) is 4.78. The lowest BCUT2D eigenvalue weighted by Gasteiger charge is -2.27. The minimum absolute atomic E-state index is 0.0311. The molecule has 0 saturated carbocycles. The molecular formula is C36H39N3O9. The van der Waals surface area contributed by atoms with Crippen LogP contribution in [-0.2, 0) is 38.9 Å². The predicted octanol–water partition coefficient (Wildman–Crippen LogP) is 4.40. The highest BCUT2D eigenvalue weighted by molar-refractivity contribution is 5.98. The zero-order valence-electron chi connectivity index (χ0n) is 26.8. The van der Waals surface area contributed by atoms with Gasteiger partial charge in [0, 0.05) is 37.8 Å². The van der Waals surface area contributed by atoms with Crippen molar-refractivity contribution in [2.24, 2.45) is 0 Å². The lowest BCUT2D eigenvalue weighted by Crippen LogP contribution is -2.30. The predicted molar refractivity (Wildman–Crippen MR) is 177 cm³/mol. The van der Waals surface area contributed by atoms with E-state index in [1.807, 2.05) is 20.8 Å². The quantitative estimate of drug-likeness (QED) is 0.106. The standard InChI is InChI=1S/C36H39N3O9/c1-4-22-28(16-37-34(46)25-10-7-19(40)13-31(25)43)23(5-2)30(18-39-36(48)27-12-9-21(42)15-33(27)45)24(6-3)29(22)17-38-35(47)26-11-8-20(41)14-32(26)44/h7-15,40-45H,4-6,16-18H2,1-3H3,(H,37,46)(H,38,47)(H,39,48). The molecule has 12 heteroatoms. The van der Waals surface area contributed by atoms with Crippen LogP contribution in [0.1, 0.15) is 85.2 Å². The van der Waals surface area contributed by atoms with Crippen molar-refractivity contribution in [1.29, 1.82) is 0 Å². The van der Waals surface area contributed by atoms with Gasteiger partial charge in [0.25, 0.3) is 17.7 Å². The monoisotopic (exact) mass is 657 g/mol. The zero-order valence-corrected chi connectivity index (χ0v) is 26.8. The zero-order chi connectivity index (χ0) is 35.1. The molecule has 0 unspecified atom stereocenters. The van der Waals surface area contributed by atoms with Crippen molar-refractivity contribution in [2.45, 2.75) is 59.7 Å². The molecule has 4 aromatic rings. The highest BCUT2D eigenvalue weighted by atomic mass is 16.3. The molecule has 4 rings (SSSR count). The number of hydrogen-bond donors (Lipinski definition) is 9. The average molecular weight is 658 g/mol. The third-order valence-corrected chi connectivity index (χ3v) is 8.20. The molecule has 0 aliphatic heterocycles. The number of phenols is 6. The van der Waals surface area contributed by atoms with E-state index in [4.69, 9.17) is 0 Å². The highest BCUT2D eigenvalue weighted by Gasteiger charge is 2.24. The summed E-state index contributed by atoms with van der Waals surface area (Å²) in [5.74, 6) is -3.48. The van der Waals surface area contributed by atoms with Crippen LogP contribution in [-0.4, -0.2) is 48.4 Å². The summed E-state index contributed by atoms with van der Waals surface area (Å²) < 4.78 is 0. The Labute approximate surface area is 277 Å². The van der Waals surface area contributed by atoms with Crippen LogP contribution in [0.5, 0.6) is 34.5 Å². The molecule has 0 saturated heterocycles. The number of hydrogen-bond acceptors (Lipinski definition) is 9. The second kappa shape index (κ2) is 15.1. The van der Waals surface area contributed by atoms with E-state index >= 15 is 0 Å². The van der Waals surface area contributed by atoms with E-state index in [1.54, 1.807) is 0 Å². The van der Waals surface area contributed by atoms with Gasteiger partial charge in [0.05, 0.1) is 16.7 Å². The summed E-state index contributed by atoms with van der Waals surface area (Å²) >= 11 is 0. The van der Waals surface area contributed by atoms with Crippen molar-refractivity contribution >= 4 is 17.7 Å². The van der Waals surface area contributed by atoms with Crippen molar-refractivity contribution in [3.8, 4) is 34.5 Å². The first kappa shape index (κ1) is 35.0. The van der Waals surface area contributed by atoms with Gasteiger partial charge >= 0.3 is 0 Å². The number of rotatable bonds is 12. The van der Waals surface area contributed by atoms with Crippen LogP contribution in [0.3, 0.4) is 0 Å². The minimum atomic E-state index is -0.577. The first-order valence-electron chi connectivity index (χ1n) is 15.5. The van der Waals surface area contributed by atoms with E-state index in [0.29, 0.717) is 19.3 Å². The summed E-state index contributed by atoms with van der Waals surface area (Å²) in [7, 11) is 0. The largest absolute Gasteiger partial charge is 0.508 e. The van der Waals surface area contributed by atoms with E-state index in [-0.39, 0.29) is 70.8 Å². The maximum Gasteiger partial charge on any atom is 0.255 e. The van der Waals surface area contributed by atoms with Gasteiger partial charge in [-0.1, -0.05) is 20.8 Å². The van der Waals surface area contributed by atoms with Gasteiger partial charge in [-0.05, 0) is 89.0 Å². The lowest BCUT2D eigenvalue weighted by atomic mass is 9.83. The molecule has 0 heterocycles. The van der Waals surface area contributed by atoms with Gasteiger partial charge in [-0.15, -0.1) is 0 Å². The maximum absolute atomic E-state index is 13.1. The molecule has 0 aliphatic rings. The second-order valence-corrected chi connectivity index (χ2v) is 11.1. The Bertz CT molecular complexity index is 1640. The number of carbonyl (C=O) groups is 3. The van der Waals surface area contributed by atoms with Crippen molar-refractivity contribution in [2.75, 3.05) is 0 Å². The Kier molecular flexibility index (Phi) is 11.0. The van der Waals surface area contributed by atoms with Gasteiger partial charge in [0.1, 0.15) is 34.5 Å². The Hall–Kier alpha value is -5.91. The van der Waals surface area contributed by atoms with Gasteiger partial charge in [0.15, 0.2) is 0 Å². The van der Waals surface area contributed by atoms with Gasteiger partial charge in [-0.3, -0.25) is 14.4 Å². The SMILES string of the molecule is CCc1c(CNC(=O)c2ccc(O)cc2O)c(CC)c(CNC(=O)c2ccc(O)cc2O)c(CC)c1CNC(=O)c1ccc(O)cc1O. The van der Waals surface area contributed by atoms with Crippen LogP contribution in [0.4, 0.5) is 0 Å². The molecule has 0 aromatic heterocycles. The highest BCUT2D eigenvalue weighted by Crippen LogP contribution is 2.32. The molecule has 0 fully saturated rings. The first-order chi connectivity index (χ1) is 22.9. The van der Waals surface area contributed by atoms with Crippen LogP contribution in [0.25, 0.3) is 0 Å². The average Bonchev–Trinajstić information content (AvgIpc) is 3.04. The van der Waals surface area contributed by atoms with Crippen molar-refractivity contribution in [3.05, 3.63) is 105 Å². The molecule has 4 aromatic carbocycles. The van der Waals surface area contributed by atoms with Gasteiger partial charge < -0.3 is 46.6 Å². The van der Waals surface area contributed by atoms with Gasteiger partial charge in [-0.25, -0.2) is 0 Å². The Balaban J connectivity index is 1.77. The van der Waals surface area contributed by atoms with Gasteiger partial charge in [0.2, 0.25) is 0 Å². The van der Waals surface area contributed by atoms with Crippen molar-refractivity contribution < 1.29 is 45.0 Å².